The van der Waals surface area contributed by atoms with E-state index >= 15 is 0 Å². The average molecular weight is 300 g/mol. The van der Waals surface area contributed by atoms with Crippen LogP contribution in [0.3, 0.4) is 0 Å². The molecule has 0 bridgehead atoms. The van der Waals surface area contributed by atoms with Gasteiger partial charge in [0.15, 0.2) is 0 Å². The fraction of sp³-hybridized carbons (Fsp3) is 0.706. The number of amides is 1. The number of anilines is 1. The molecule has 1 saturated carbocycles. The number of hydrogen-bond acceptors (Lipinski definition) is 4. The van der Waals surface area contributed by atoms with E-state index in [4.69, 9.17) is 9.97 Å². The molecule has 0 spiro atoms. The predicted octanol–water partition coefficient (Wildman–Crippen LogP) is 1.72. The van der Waals surface area contributed by atoms with Crippen LogP contribution >= 0.6 is 0 Å². The molecule has 2 fully saturated rings. The van der Waals surface area contributed by atoms with E-state index in [-0.39, 0.29) is 0 Å². The van der Waals surface area contributed by atoms with Gasteiger partial charge >= 0.3 is 0 Å². The molecule has 0 aromatic carbocycles. The zero-order chi connectivity index (χ0) is 15.1. The molecule has 3 aliphatic rings. The van der Waals surface area contributed by atoms with E-state index in [1.165, 1.54) is 24.1 Å². The van der Waals surface area contributed by atoms with Crippen molar-refractivity contribution in [1.82, 2.24) is 14.9 Å². The van der Waals surface area contributed by atoms with Crippen LogP contribution in [-0.4, -0.2) is 47.0 Å². The van der Waals surface area contributed by atoms with Crippen LogP contribution in [0.15, 0.2) is 0 Å². The van der Waals surface area contributed by atoms with E-state index in [1.54, 1.807) is 0 Å². The molecule has 4 rings (SSSR count). The Kier molecular flexibility index (Phi) is 3.51. The standard InChI is InChI=1S/C17H24N4O/c1-12-14-6-10-20(16(22)13-4-5-13)11-7-15(14)19-17(18-12)21-8-2-3-9-21/h13H,2-11H2,1H3. The minimum atomic E-state index is 0.313. The lowest BCUT2D eigenvalue weighted by Gasteiger charge is -2.19. The maximum atomic E-state index is 12.3. The minimum Gasteiger partial charge on any atom is -0.342 e. The zero-order valence-corrected chi connectivity index (χ0v) is 13.3. The number of hydrogen-bond donors (Lipinski definition) is 0. The van der Waals surface area contributed by atoms with Crippen molar-refractivity contribution in [3.63, 3.8) is 0 Å². The second kappa shape index (κ2) is 5.52. The quantitative estimate of drug-likeness (QED) is 0.834. The molecular weight excluding hydrogens is 276 g/mol. The first-order valence-electron chi connectivity index (χ1n) is 8.62. The van der Waals surface area contributed by atoms with Crippen LogP contribution in [0.25, 0.3) is 0 Å². The third kappa shape index (κ3) is 2.57. The molecule has 1 amide bonds. The summed E-state index contributed by atoms with van der Waals surface area (Å²) < 4.78 is 0. The Balaban J connectivity index is 1.56. The highest BCUT2D eigenvalue weighted by Crippen LogP contribution is 2.32. The molecule has 22 heavy (non-hydrogen) atoms. The van der Waals surface area contributed by atoms with Crippen molar-refractivity contribution in [2.24, 2.45) is 5.92 Å². The molecule has 1 aromatic rings. The normalized spacial score (nSPS) is 21.7. The third-order valence-electron chi connectivity index (χ3n) is 5.17. The first-order chi connectivity index (χ1) is 10.7. The van der Waals surface area contributed by atoms with Gasteiger partial charge in [-0.25, -0.2) is 9.97 Å². The van der Waals surface area contributed by atoms with Crippen molar-refractivity contribution in [2.75, 3.05) is 31.1 Å². The van der Waals surface area contributed by atoms with Crippen LogP contribution in [-0.2, 0) is 17.6 Å². The topological polar surface area (TPSA) is 49.3 Å². The molecule has 0 unspecified atom stereocenters. The highest BCUT2D eigenvalue weighted by Gasteiger charge is 2.34. The summed E-state index contributed by atoms with van der Waals surface area (Å²) >= 11 is 0. The summed E-state index contributed by atoms with van der Waals surface area (Å²) in [6.45, 7) is 5.89. The van der Waals surface area contributed by atoms with Crippen molar-refractivity contribution in [2.45, 2.75) is 45.4 Å². The van der Waals surface area contributed by atoms with Crippen LogP contribution in [0.5, 0.6) is 0 Å². The number of carbonyl (C=O) groups is 1. The van der Waals surface area contributed by atoms with E-state index < -0.39 is 0 Å². The number of carbonyl (C=O) groups excluding carboxylic acids is 1. The highest BCUT2D eigenvalue weighted by molar-refractivity contribution is 5.81. The van der Waals surface area contributed by atoms with Crippen LogP contribution < -0.4 is 4.90 Å². The highest BCUT2D eigenvalue weighted by atomic mass is 16.2. The second-order valence-electron chi connectivity index (χ2n) is 6.83. The molecular formula is C17H24N4O. The largest absolute Gasteiger partial charge is 0.342 e. The predicted molar refractivity (Wildman–Crippen MR) is 84.9 cm³/mol. The Bertz CT molecular complexity index is 591. The summed E-state index contributed by atoms with van der Waals surface area (Å²) in [6, 6.07) is 0. The van der Waals surface area contributed by atoms with Gasteiger partial charge in [0.25, 0.3) is 0 Å². The Labute approximate surface area is 131 Å². The van der Waals surface area contributed by atoms with Gasteiger partial charge in [-0.15, -0.1) is 0 Å². The third-order valence-corrected chi connectivity index (χ3v) is 5.17. The molecule has 0 N–H and O–H groups in total. The maximum absolute atomic E-state index is 12.3. The van der Waals surface area contributed by atoms with Crippen molar-refractivity contribution >= 4 is 11.9 Å². The van der Waals surface area contributed by atoms with Crippen molar-refractivity contribution < 1.29 is 4.79 Å². The molecule has 1 aliphatic carbocycles. The summed E-state index contributed by atoms with van der Waals surface area (Å²) in [4.78, 5) is 26.2. The molecule has 118 valence electrons. The number of nitrogens with zero attached hydrogens (tertiary/aromatic N) is 4. The van der Waals surface area contributed by atoms with Gasteiger partial charge in [0.05, 0.1) is 5.69 Å². The molecule has 5 nitrogen and oxygen atoms in total. The molecule has 0 radical (unpaired) electrons. The molecule has 1 saturated heterocycles. The van der Waals surface area contributed by atoms with Gasteiger partial charge in [0.1, 0.15) is 0 Å². The van der Waals surface area contributed by atoms with Crippen molar-refractivity contribution in [1.29, 1.82) is 0 Å². The first-order valence-corrected chi connectivity index (χ1v) is 8.62. The van der Waals surface area contributed by atoms with Gasteiger partial charge in [-0.05, 0) is 44.6 Å². The van der Waals surface area contributed by atoms with E-state index in [1.807, 2.05) is 4.90 Å². The Morgan fingerprint density at radius 3 is 2.50 bits per heavy atom. The minimum absolute atomic E-state index is 0.313. The monoisotopic (exact) mass is 300 g/mol. The lowest BCUT2D eigenvalue weighted by atomic mass is 10.1. The lowest BCUT2D eigenvalue weighted by Crippen LogP contribution is -2.34. The number of aromatic nitrogens is 2. The summed E-state index contributed by atoms with van der Waals surface area (Å²) in [5.41, 5.74) is 3.54. The summed E-state index contributed by atoms with van der Waals surface area (Å²) in [7, 11) is 0. The average Bonchev–Trinajstić information content (AvgIpc) is 3.27. The van der Waals surface area contributed by atoms with Gasteiger partial charge in [-0.1, -0.05) is 0 Å². The second-order valence-corrected chi connectivity index (χ2v) is 6.83. The smallest absolute Gasteiger partial charge is 0.225 e. The van der Waals surface area contributed by atoms with Gasteiger partial charge in [0.2, 0.25) is 11.9 Å². The maximum Gasteiger partial charge on any atom is 0.225 e. The molecule has 1 aromatic heterocycles. The van der Waals surface area contributed by atoms with Gasteiger partial charge in [-0.3, -0.25) is 4.79 Å². The van der Waals surface area contributed by atoms with Gasteiger partial charge in [0, 0.05) is 44.2 Å². The fourth-order valence-electron chi connectivity index (χ4n) is 3.64. The Hall–Kier alpha value is -1.65. The number of fused-ring (bicyclic) bond motifs is 1. The molecule has 2 aliphatic heterocycles. The van der Waals surface area contributed by atoms with Gasteiger partial charge < -0.3 is 9.80 Å². The lowest BCUT2D eigenvalue weighted by molar-refractivity contribution is -0.132. The molecule has 5 heteroatoms. The van der Waals surface area contributed by atoms with Crippen LogP contribution in [0.2, 0.25) is 0 Å². The summed E-state index contributed by atoms with van der Waals surface area (Å²) in [5.74, 6) is 1.57. The first kappa shape index (κ1) is 14.0. The van der Waals surface area contributed by atoms with Crippen LogP contribution in [0.4, 0.5) is 5.95 Å². The zero-order valence-electron chi connectivity index (χ0n) is 13.3. The van der Waals surface area contributed by atoms with E-state index in [0.29, 0.717) is 11.8 Å². The van der Waals surface area contributed by atoms with E-state index in [0.717, 1.165) is 63.5 Å². The Morgan fingerprint density at radius 1 is 1.05 bits per heavy atom. The molecule has 3 heterocycles. The van der Waals surface area contributed by atoms with Crippen LogP contribution in [0.1, 0.15) is 42.6 Å². The molecule has 0 atom stereocenters. The Morgan fingerprint density at radius 2 is 1.77 bits per heavy atom. The van der Waals surface area contributed by atoms with Gasteiger partial charge in [-0.2, -0.15) is 0 Å². The van der Waals surface area contributed by atoms with Crippen molar-refractivity contribution in [3.05, 3.63) is 17.0 Å². The summed E-state index contributed by atoms with van der Waals surface area (Å²) in [5, 5.41) is 0. The van der Waals surface area contributed by atoms with E-state index in [9.17, 15) is 4.79 Å². The number of aryl methyl sites for hydroxylation is 1. The van der Waals surface area contributed by atoms with E-state index in [2.05, 4.69) is 11.8 Å². The van der Waals surface area contributed by atoms with Crippen LogP contribution in [0, 0.1) is 12.8 Å². The fourth-order valence-corrected chi connectivity index (χ4v) is 3.64. The van der Waals surface area contributed by atoms with Crippen molar-refractivity contribution in [3.8, 4) is 0 Å². The number of rotatable bonds is 2. The summed E-state index contributed by atoms with van der Waals surface area (Å²) in [6.07, 6.45) is 6.42. The SMILES string of the molecule is Cc1nc(N2CCCC2)nc2c1CCN(C(=O)C1CC1)CC2.